The summed E-state index contributed by atoms with van der Waals surface area (Å²) in [5.41, 5.74) is 4.42. The normalized spacial score (nSPS) is 21.0. The second-order valence-electron chi connectivity index (χ2n) is 6.71. The number of fused-ring (bicyclic) bond motifs is 1. The molecule has 1 aromatic heterocycles. The molecule has 1 saturated heterocycles. The zero-order chi connectivity index (χ0) is 15.6. The Morgan fingerprint density at radius 3 is 2.83 bits per heavy atom. The summed E-state index contributed by atoms with van der Waals surface area (Å²) in [6, 6.07) is 10.7. The van der Waals surface area contributed by atoms with Crippen molar-refractivity contribution in [2.75, 3.05) is 13.1 Å². The van der Waals surface area contributed by atoms with Crippen LogP contribution in [0.15, 0.2) is 30.3 Å². The van der Waals surface area contributed by atoms with Crippen molar-refractivity contribution in [1.29, 1.82) is 0 Å². The quantitative estimate of drug-likeness (QED) is 0.925. The van der Waals surface area contributed by atoms with Gasteiger partial charge in [0.1, 0.15) is 0 Å². The van der Waals surface area contributed by atoms with Crippen LogP contribution in [-0.2, 0) is 12.8 Å². The molecule has 0 radical (unpaired) electrons. The molecule has 4 nitrogen and oxygen atoms in total. The van der Waals surface area contributed by atoms with E-state index in [2.05, 4.69) is 40.5 Å². The molecule has 0 bridgehead atoms. The van der Waals surface area contributed by atoms with Gasteiger partial charge in [-0.25, -0.2) is 0 Å². The lowest BCUT2D eigenvalue weighted by Gasteiger charge is -2.20. The summed E-state index contributed by atoms with van der Waals surface area (Å²) in [5, 5.41) is 7.36. The molecule has 2 aliphatic rings. The lowest BCUT2D eigenvalue weighted by atomic mass is 9.92. The van der Waals surface area contributed by atoms with Crippen LogP contribution in [0.3, 0.4) is 0 Å². The first-order valence-electron chi connectivity index (χ1n) is 8.73. The molecule has 23 heavy (non-hydrogen) atoms. The molecule has 0 saturated carbocycles. The third-order valence-electron chi connectivity index (χ3n) is 5.30. The summed E-state index contributed by atoms with van der Waals surface area (Å²) in [5.74, 6) is 0.692. The molecule has 2 aromatic rings. The summed E-state index contributed by atoms with van der Waals surface area (Å²) >= 11 is 0. The second-order valence-corrected chi connectivity index (χ2v) is 6.71. The Bertz CT molecular complexity index is 692. The van der Waals surface area contributed by atoms with Crippen LogP contribution in [0.4, 0.5) is 0 Å². The van der Waals surface area contributed by atoms with E-state index in [1.165, 1.54) is 16.8 Å². The Labute approximate surface area is 136 Å². The fourth-order valence-corrected chi connectivity index (χ4v) is 4.00. The average molecular weight is 309 g/mol. The molecule has 4 rings (SSSR count). The Morgan fingerprint density at radius 2 is 1.96 bits per heavy atom. The van der Waals surface area contributed by atoms with Crippen molar-refractivity contribution < 1.29 is 4.79 Å². The van der Waals surface area contributed by atoms with Crippen LogP contribution in [0.5, 0.6) is 0 Å². The van der Waals surface area contributed by atoms with Gasteiger partial charge in [-0.1, -0.05) is 30.3 Å². The van der Waals surface area contributed by atoms with Gasteiger partial charge in [-0.15, -0.1) is 0 Å². The third-order valence-corrected chi connectivity index (χ3v) is 5.30. The van der Waals surface area contributed by atoms with E-state index in [1.54, 1.807) is 0 Å². The average Bonchev–Trinajstić information content (AvgIpc) is 3.11. The smallest absolute Gasteiger partial charge is 0.274 e. The predicted octanol–water partition coefficient (Wildman–Crippen LogP) is 3.31. The van der Waals surface area contributed by atoms with E-state index >= 15 is 0 Å². The lowest BCUT2D eigenvalue weighted by Crippen LogP contribution is -2.32. The summed E-state index contributed by atoms with van der Waals surface area (Å²) in [4.78, 5) is 14.9. The number of benzene rings is 1. The van der Waals surface area contributed by atoms with E-state index < -0.39 is 0 Å². The number of carbonyl (C=O) groups is 1. The highest BCUT2D eigenvalue weighted by Crippen LogP contribution is 2.29. The molecule has 1 amide bonds. The number of carbonyl (C=O) groups excluding carboxylic acids is 1. The van der Waals surface area contributed by atoms with Crippen molar-refractivity contribution in [1.82, 2.24) is 15.1 Å². The highest BCUT2D eigenvalue weighted by atomic mass is 16.2. The number of hydrogen-bond acceptors (Lipinski definition) is 2. The summed E-state index contributed by atoms with van der Waals surface area (Å²) < 4.78 is 0. The molecule has 4 heteroatoms. The molecule has 2 heterocycles. The minimum Gasteiger partial charge on any atom is -0.337 e. The maximum absolute atomic E-state index is 12.9. The van der Waals surface area contributed by atoms with Gasteiger partial charge in [0.2, 0.25) is 0 Å². The molecule has 1 aliphatic carbocycles. The molecule has 1 aromatic carbocycles. The number of likely N-dealkylation sites (tertiary alicyclic amines) is 1. The maximum Gasteiger partial charge on any atom is 0.274 e. The lowest BCUT2D eigenvalue weighted by molar-refractivity contribution is 0.0754. The standard InChI is InChI=1S/C19H23N3O/c23-19(18-16-9-4-10-17(16)20-21-18)22-12-5-8-15(11-13-22)14-6-2-1-3-7-14/h1-3,6-7,15H,4-5,8-13H2,(H,20,21). The number of hydrogen-bond donors (Lipinski definition) is 1. The predicted molar refractivity (Wildman–Crippen MR) is 89.6 cm³/mol. The third kappa shape index (κ3) is 2.78. The van der Waals surface area contributed by atoms with Crippen LogP contribution in [-0.4, -0.2) is 34.1 Å². The van der Waals surface area contributed by atoms with Crippen molar-refractivity contribution >= 4 is 5.91 Å². The highest BCUT2D eigenvalue weighted by molar-refractivity contribution is 5.94. The number of rotatable bonds is 2. The molecule has 0 spiro atoms. The number of amides is 1. The first-order chi connectivity index (χ1) is 11.3. The van der Waals surface area contributed by atoms with E-state index in [0.29, 0.717) is 11.6 Å². The number of aromatic amines is 1. The van der Waals surface area contributed by atoms with E-state index in [-0.39, 0.29) is 5.91 Å². The first kappa shape index (κ1) is 14.5. The van der Waals surface area contributed by atoms with Crippen LogP contribution in [0.25, 0.3) is 0 Å². The number of aryl methyl sites for hydroxylation is 1. The zero-order valence-corrected chi connectivity index (χ0v) is 13.4. The van der Waals surface area contributed by atoms with Crippen molar-refractivity contribution in [2.45, 2.75) is 44.4 Å². The van der Waals surface area contributed by atoms with Crippen molar-refractivity contribution in [3.63, 3.8) is 0 Å². The van der Waals surface area contributed by atoms with Crippen LogP contribution in [0, 0.1) is 0 Å². The number of nitrogens with one attached hydrogen (secondary N) is 1. The van der Waals surface area contributed by atoms with Gasteiger partial charge in [-0.2, -0.15) is 5.10 Å². The molecule has 1 atom stereocenters. The Kier molecular flexibility index (Phi) is 3.90. The molecule has 1 unspecified atom stereocenters. The molecular weight excluding hydrogens is 286 g/mol. The first-order valence-corrected chi connectivity index (χ1v) is 8.73. The van der Waals surface area contributed by atoms with Crippen LogP contribution < -0.4 is 0 Å². The van der Waals surface area contributed by atoms with E-state index in [1.807, 2.05) is 4.90 Å². The van der Waals surface area contributed by atoms with Gasteiger partial charge in [-0.3, -0.25) is 9.89 Å². The van der Waals surface area contributed by atoms with Crippen molar-refractivity contribution in [3.8, 4) is 0 Å². The molecular formula is C19H23N3O. The topological polar surface area (TPSA) is 49.0 Å². The Balaban J connectivity index is 1.47. The Hall–Kier alpha value is -2.10. The van der Waals surface area contributed by atoms with Gasteiger partial charge >= 0.3 is 0 Å². The van der Waals surface area contributed by atoms with Crippen molar-refractivity contribution in [3.05, 3.63) is 52.8 Å². The Morgan fingerprint density at radius 1 is 1.09 bits per heavy atom. The SMILES string of the molecule is O=C(c1n[nH]c2c1CCC2)N1CCCC(c2ccccc2)CC1. The van der Waals surface area contributed by atoms with Crippen LogP contribution in [0.2, 0.25) is 0 Å². The van der Waals surface area contributed by atoms with E-state index in [9.17, 15) is 4.79 Å². The van der Waals surface area contributed by atoms with Gasteiger partial charge in [-0.05, 0) is 50.0 Å². The minimum absolute atomic E-state index is 0.123. The minimum atomic E-state index is 0.123. The van der Waals surface area contributed by atoms with Gasteiger partial charge in [0, 0.05) is 24.3 Å². The van der Waals surface area contributed by atoms with Gasteiger partial charge in [0.15, 0.2) is 5.69 Å². The monoisotopic (exact) mass is 309 g/mol. The van der Waals surface area contributed by atoms with E-state index in [0.717, 1.165) is 51.6 Å². The van der Waals surface area contributed by atoms with E-state index in [4.69, 9.17) is 0 Å². The largest absolute Gasteiger partial charge is 0.337 e. The summed E-state index contributed by atoms with van der Waals surface area (Å²) in [7, 11) is 0. The van der Waals surface area contributed by atoms with Crippen LogP contribution in [0.1, 0.15) is 58.9 Å². The summed E-state index contributed by atoms with van der Waals surface area (Å²) in [6.45, 7) is 1.68. The van der Waals surface area contributed by atoms with Gasteiger partial charge in [0.05, 0.1) is 0 Å². The number of aromatic nitrogens is 2. The number of nitrogens with zero attached hydrogens (tertiary/aromatic N) is 2. The molecule has 1 fully saturated rings. The molecule has 1 aliphatic heterocycles. The highest BCUT2D eigenvalue weighted by Gasteiger charge is 2.28. The maximum atomic E-state index is 12.9. The van der Waals surface area contributed by atoms with Crippen LogP contribution >= 0.6 is 0 Å². The fraction of sp³-hybridized carbons (Fsp3) is 0.474. The van der Waals surface area contributed by atoms with Gasteiger partial charge in [0.25, 0.3) is 5.91 Å². The number of H-pyrrole nitrogens is 1. The molecule has 1 N–H and O–H groups in total. The summed E-state index contributed by atoms with van der Waals surface area (Å²) in [6.07, 6.45) is 6.44. The second kappa shape index (κ2) is 6.19. The van der Waals surface area contributed by atoms with Crippen molar-refractivity contribution in [2.24, 2.45) is 0 Å². The van der Waals surface area contributed by atoms with Gasteiger partial charge < -0.3 is 4.90 Å². The fourth-order valence-electron chi connectivity index (χ4n) is 4.00. The molecule has 120 valence electrons. The zero-order valence-electron chi connectivity index (χ0n) is 13.4.